The first kappa shape index (κ1) is 16.7. The van der Waals surface area contributed by atoms with E-state index in [1.807, 2.05) is 4.90 Å². The number of hydrogen-bond donors (Lipinski definition) is 1. The third-order valence-corrected chi connectivity index (χ3v) is 5.94. The Morgan fingerprint density at radius 2 is 2.04 bits per heavy atom. The number of benzene rings is 1. The molecule has 0 saturated carbocycles. The van der Waals surface area contributed by atoms with E-state index in [-0.39, 0.29) is 17.6 Å². The monoisotopic (exact) mass is 349 g/mol. The van der Waals surface area contributed by atoms with E-state index in [1.54, 1.807) is 43.5 Å². The molecule has 1 aromatic carbocycles. The van der Waals surface area contributed by atoms with Gasteiger partial charge in [-0.05, 0) is 42.8 Å². The summed E-state index contributed by atoms with van der Waals surface area (Å²) in [6.45, 7) is 3.02. The van der Waals surface area contributed by atoms with E-state index < -0.39 is 9.84 Å². The highest BCUT2D eigenvalue weighted by atomic mass is 32.2. The molecule has 1 aromatic heterocycles. The predicted octanol–water partition coefficient (Wildman–Crippen LogP) is 2.71. The highest BCUT2D eigenvalue weighted by Gasteiger charge is 2.25. The quantitative estimate of drug-likeness (QED) is 0.899. The first-order valence-corrected chi connectivity index (χ1v) is 9.59. The topological polar surface area (TPSA) is 62.3 Å². The molecule has 1 N–H and O–H groups in total. The Morgan fingerprint density at radius 3 is 2.71 bits per heavy atom. The summed E-state index contributed by atoms with van der Waals surface area (Å²) in [5.41, 5.74) is 0.860. The molecule has 5 nitrogen and oxygen atoms in total. The maximum absolute atomic E-state index is 13.8. The van der Waals surface area contributed by atoms with Crippen molar-refractivity contribution in [2.45, 2.75) is 24.3 Å². The second-order valence-corrected chi connectivity index (χ2v) is 8.09. The van der Waals surface area contributed by atoms with Gasteiger partial charge in [-0.1, -0.05) is 6.92 Å². The standard InChI is InChI=1S/C17H20FN3O2S/c1-2-24(22,23)15-7-5-13(6-8-15)20-14-9-11-21(12-14)17-16(18)4-3-10-19-17/h3-8,10,14,20H,2,9,11-12H2,1H3/t14-/m0/s1. The van der Waals surface area contributed by atoms with E-state index in [1.165, 1.54) is 6.07 Å². The summed E-state index contributed by atoms with van der Waals surface area (Å²) in [7, 11) is -3.18. The van der Waals surface area contributed by atoms with Crippen LogP contribution in [0, 0.1) is 5.82 Å². The van der Waals surface area contributed by atoms with Crippen LogP contribution in [0.1, 0.15) is 13.3 Å². The van der Waals surface area contributed by atoms with Gasteiger partial charge >= 0.3 is 0 Å². The van der Waals surface area contributed by atoms with Gasteiger partial charge in [-0.25, -0.2) is 17.8 Å². The first-order valence-electron chi connectivity index (χ1n) is 7.94. The average Bonchev–Trinajstić information content (AvgIpc) is 3.04. The van der Waals surface area contributed by atoms with E-state index in [0.717, 1.165) is 18.7 Å². The summed E-state index contributed by atoms with van der Waals surface area (Å²) in [4.78, 5) is 6.36. The summed E-state index contributed by atoms with van der Waals surface area (Å²) in [6, 6.07) is 9.93. The zero-order chi connectivity index (χ0) is 17.2. The Morgan fingerprint density at radius 1 is 1.29 bits per heavy atom. The van der Waals surface area contributed by atoms with Crippen molar-refractivity contribution in [2.24, 2.45) is 0 Å². The first-order chi connectivity index (χ1) is 11.5. The maximum Gasteiger partial charge on any atom is 0.178 e. The predicted molar refractivity (Wildman–Crippen MR) is 92.6 cm³/mol. The number of nitrogens with zero attached hydrogens (tertiary/aromatic N) is 2. The summed E-state index contributed by atoms with van der Waals surface area (Å²) < 4.78 is 37.4. The van der Waals surface area contributed by atoms with Crippen LogP contribution in [-0.4, -0.2) is 38.3 Å². The Balaban J connectivity index is 1.65. The van der Waals surface area contributed by atoms with Crippen LogP contribution in [-0.2, 0) is 9.84 Å². The van der Waals surface area contributed by atoms with E-state index in [9.17, 15) is 12.8 Å². The fourth-order valence-electron chi connectivity index (χ4n) is 2.84. The molecule has 0 aliphatic carbocycles. The molecule has 24 heavy (non-hydrogen) atoms. The molecule has 1 aliphatic heterocycles. The fraction of sp³-hybridized carbons (Fsp3) is 0.353. The molecule has 7 heteroatoms. The van der Waals surface area contributed by atoms with Crippen molar-refractivity contribution < 1.29 is 12.8 Å². The Bertz CT molecular complexity index is 809. The largest absolute Gasteiger partial charge is 0.380 e. The van der Waals surface area contributed by atoms with Gasteiger partial charge in [0.15, 0.2) is 21.5 Å². The summed E-state index contributed by atoms with van der Waals surface area (Å²) in [6.07, 6.45) is 2.46. The van der Waals surface area contributed by atoms with Crippen molar-refractivity contribution in [1.29, 1.82) is 0 Å². The summed E-state index contributed by atoms with van der Waals surface area (Å²) in [5.74, 6) is 0.158. The number of anilines is 2. The highest BCUT2D eigenvalue weighted by molar-refractivity contribution is 7.91. The van der Waals surface area contributed by atoms with E-state index in [4.69, 9.17) is 0 Å². The van der Waals surface area contributed by atoms with Crippen molar-refractivity contribution in [3.05, 3.63) is 48.4 Å². The van der Waals surface area contributed by atoms with Crippen LogP contribution >= 0.6 is 0 Å². The molecule has 0 radical (unpaired) electrons. The van der Waals surface area contributed by atoms with Crippen molar-refractivity contribution in [3.8, 4) is 0 Å². The summed E-state index contributed by atoms with van der Waals surface area (Å²) in [5, 5.41) is 3.37. The van der Waals surface area contributed by atoms with Crippen LogP contribution in [0.15, 0.2) is 47.5 Å². The second-order valence-electron chi connectivity index (χ2n) is 5.81. The summed E-state index contributed by atoms with van der Waals surface area (Å²) >= 11 is 0. The normalized spacial score (nSPS) is 17.9. The zero-order valence-electron chi connectivity index (χ0n) is 13.4. The van der Waals surface area contributed by atoms with Crippen LogP contribution in [0.5, 0.6) is 0 Å². The molecule has 3 rings (SSSR count). The third kappa shape index (κ3) is 3.51. The van der Waals surface area contributed by atoms with Crippen molar-refractivity contribution in [1.82, 2.24) is 4.98 Å². The molecule has 128 valence electrons. The van der Waals surface area contributed by atoms with Crippen LogP contribution in [0.25, 0.3) is 0 Å². The molecular formula is C17H20FN3O2S. The second kappa shape index (κ2) is 6.76. The van der Waals surface area contributed by atoms with Crippen LogP contribution in [0.4, 0.5) is 15.9 Å². The Kier molecular flexibility index (Phi) is 4.71. The zero-order valence-corrected chi connectivity index (χ0v) is 14.3. The number of pyridine rings is 1. The Labute approximate surface area is 141 Å². The number of halogens is 1. The number of aromatic nitrogens is 1. The minimum absolute atomic E-state index is 0.0903. The van der Waals surface area contributed by atoms with Gasteiger partial charge in [-0.15, -0.1) is 0 Å². The number of nitrogens with one attached hydrogen (secondary N) is 1. The van der Waals surface area contributed by atoms with Gasteiger partial charge in [-0.3, -0.25) is 0 Å². The number of hydrogen-bond acceptors (Lipinski definition) is 5. The average molecular weight is 349 g/mol. The van der Waals surface area contributed by atoms with Crippen LogP contribution in [0.2, 0.25) is 0 Å². The molecule has 2 heterocycles. The van der Waals surface area contributed by atoms with E-state index in [2.05, 4.69) is 10.3 Å². The lowest BCUT2D eigenvalue weighted by atomic mass is 10.2. The van der Waals surface area contributed by atoms with E-state index in [0.29, 0.717) is 17.3 Å². The molecule has 1 saturated heterocycles. The lowest BCUT2D eigenvalue weighted by Gasteiger charge is -2.19. The lowest BCUT2D eigenvalue weighted by Crippen LogP contribution is -2.27. The molecule has 0 amide bonds. The highest BCUT2D eigenvalue weighted by Crippen LogP contribution is 2.23. The molecule has 1 atom stereocenters. The molecule has 0 unspecified atom stereocenters. The molecule has 0 bridgehead atoms. The van der Waals surface area contributed by atoms with Crippen LogP contribution in [0.3, 0.4) is 0 Å². The van der Waals surface area contributed by atoms with Gasteiger partial charge in [0.1, 0.15) is 0 Å². The minimum atomic E-state index is -3.18. The molecule has 1 fully saturated rings. The van der Waals surface area contributed by atoms with Gasteiger partial charge in [0.25, 0.3) is 0 Å². The number of rotatable bonds is 5. The SMILES string of the molecule is CCS(=O)(=O)c1ccc(N[C@H]2CCN(c3ncccc3F)C2)cc1. The van der Waals surface area contributed by atoms with Gasteiger partial charge in [-0.2, -0.15) is 0 Å². The smallest absolute Gasteiger partial charge is 0.178 e. The van der Waals surface area contributed by atoms with Gasteiger partial charge in [0.05, 0.1) is 10.6 Å². The van der Waals surface area contributed by atoms with Crippen molar-refractivity contribution in [2.75, 3.05) is 29.1 Å². The molecule has 1 aliphatic rings. The van der Waals surface area contributed by atoms with Gasteiger partial charge < -0.3 is 10.2 Å². The third-order valence-electron chi connectivity index (χ3n) is 4.19. The van der Waals surface area contributed by atoms with E-state index >= 15 is 0 Å². The molecular weight excluding hydrogens is 329 g/mol. The van der Waals surface area contributed by atoms with Crippen LogP contribution < -0.4 is 10.2 Å². The fourth-order valence-corrected chi connectivity index (χ4v) is 3.73. The number of sulfone groups is 1. The minimum Gasteiger partial charge on any atom is -0.380 e. The molecule has 2 aromatic rings. The van der Waals surface area contributed by atoms with Gasteiger partial charge in [0.2, 0.25) is 0 Å². The van der Waals surface area contributed by atoms with Crippen molar-refractivity contribution >= 4 is 21.3 Å². The van der Waals surface area contributed by atoms with Gasteiger partial charge in [0, 0.05) is 31.0 Å². The lowest BCUT2D eigenvalue weighted by molar-refractivity contribution is 0.597. The Hall–Kier alpha value is -2.15. The van der Waals surface area contributed by atoms with Crippen molar-refractivity contribution in [3.63, 3.8) is 0 Å². The maximum atomic E-state index is 13.8. The molecule has 0 spiro atoms.